The van der Waals surface area contributed by atoms with Crippen molar-refractivity contribution >= 4 is 23.5 Å². The number of anilines is 1. The first-order valence-electron chi connectivity index (χ1n) is 11.4. The molecule has 7 heteroatoms. The number of carbonyl (C=O) groups excluding carboxylic acids is 3. The Hall–Kier alpha value is -2.96. The van der Waals surface area contributed by atoms with E-state index in [-0.39, 0.29) is 35.8 Å². The maximum Gasteiger partial charge on any atom is 0.343 e. The molecule has 0 bridgehead atoms. The van der Waals surface area contributed by atoms with Crippen molar-refractivity contribution in [3.05, 3.63) is 41.6 Å². The van der Waals surface area contributed by atoms with Crippen LogP contribution in [0.4, 0.5) is 5.82 Å². The van der Waals surface area contributed by atoms with Crippen LogP contribution in [0.25, 0.3) is 5.69 Å². The lowest BCUT2D eigenvalue weighted by molar-refractivity contribution is -0.124. The van der Waals surface area contributed by atoms with Gasteiger partial charge in [-0.25, -0.2) is 9.48 Å². The number of benzene rings is 1. The van der Waals surface area contributed by atoms with E-state index < -0.39 is 5.97 Å². The van der Waals surface area contributed by atoms with E-state index in [1.807, 2.05) is 13.8 Å². The summed E-state index contributed by atoms with van der Waals surface area (Å²) in [5, 5.41) is 4.65. The van der Waals surface area contributed by atoms with Crippen LogP contribution in [0.1, 0.15) is 81.0 Å². The highest BCUT2D eigenvalue weighted by molar-refractivity contribution is 6.02. The van der Waals surface area contributed by atoms with Crippen molar-refractivity contribution in [3.8, 4) is 5.69 Å². The van der Waals surface area contributed by atoms with Crippen molar-refractivity contribution in [2.75, 3.05) is 11.5 Å². The van der Waals surface area contributed by atoms with Crippen LogP contribution in [0.15, 0.2) is 30.5 Å². The molecule has 0 N–H and O–H groups in total. The number of aromatic nitrogens is 2. The quantitative estimate of drug-likeness (QED) is 0.456. The van der Waals surface area contributed by atoms with Crippen LogP contribution in [-0.2, 0) is 9.53 Å². The molecule has 7 nitrogen and oxygen atoms in total. The lowest BCUT2D eigenvalue weighted by Gasteiger charge is -2.32. The molecule has 32 heavy (non-hydrogen) atoms. The largest absolute Gasteiger partial charge is 0.462 e. The van der Waals surface area contributed by atoms with E-state index >= 15 is 0 Å². The molecule has 2 aromatic rings. The third kappa shape index (κ3) is 5.09. The zero-order chi connectivity index (χ0) is 23.4. The first kappa shape index (κ1) is 23.7. The van der Waals surface area contributed by atoms with Crippen molar-refractivity contribution in [3.63, 3.8) is 0 Å². The first-order valence-corrected chi connectivity index (χ1v) is 11.4. The third-order valence-electron chi connectivity index (χ3n) is 6.08. The van der Waals surface area contributed by atoms with Gasteiger partial charge in [0.2, 0.25) is 5.91 Å². The summed E-state index contributed by atoms with van der Waals surface area (Å²) in [6, 6.07) is 6.81. The Kier molecular flexibility index (Phi) is 7.48. The summed E-state index contributed by atoms with van der Waals surface area (Å²) >= 11 is 0. The SMILES string of the molecule is CCOC(=O)c1cn(-c2ccc(C(C)=O)cc2)nc1N(C(=O)[C@H]1CC[C@H](C)CC1)C(C)C. The average molecular weight is 440 g/mol. The molecule has 0 atom stereocenters. The van der Waals surface area contributed by atoms with Crippen molar-refractivity contribution in [1.82, 2.24) is 9.78 Å². The van der Waals surface area contributed by atoms with Gasteiger partial charge in [0, 0.05) is 23.7 Å². The minimum atomic E-state index is -0.509. The smallest absolute Gasteiger partial charge is 0.343 e. The fourth-order valence-electron chi connectivity index (χ4n) is 4.18. The number of ketones is 1. The predicted octanol–water partition coefficient (Wildman–Crippen LogP) is 4.82. The van der Waals surface area contributed by atoms with Gasteiger partial charge in [0.25, 0.3) is 0 Å². The monoisotopic (exact) mass is 439 g/mol. The second kappa shape index (κ2) is 10.1. The Labute approximate surface area is 189 Å². The topological polar surface area (TPSA) is 81.5 Å². The van der Waals surface area contributed by atoms with Crippen LogP contribution >= 0.6 is 0 Å². The number of Topliss-reactive ketones (excluding diaryl/α,β-unsaturated/α-hetero) is 1. The van der Waals surface area contributed by atoms with E-state index in [0.29, 0.717) is 23.0 Å². The van der Waals surface area contributed by atoms with E-state index in [2.05, 4.69) is 12.0 Å². The predicted molar refractivity (Wildman–Crippen MR) is 123 cm³/mol. The Bertz CT molecular complexity index is 970. The Morgan fingerprint density at radius 2 is 1.75 bits per heavy atom. The molecule has 1 fully saturated rings. The van der Waals surface area contributed by atoms with Crippen molar-refractivity contribution in [2.24, 2.45) is 11.8 Å². The molecule has 3 rings (SSSR count). The third-order valence-corrected chi connectivity index (χ3v) is 6.08. The van der Waals surface area contributed by atoms with E-state index in [0.717, 1.165) is 25.7 Å². The molecule has 172 valence electrons. The van der Waals surface area contributed by atoms with Gasteiger partial charge < -0.3 is 4.74 Å². The number of ether oxygens (including phenoxy) is 1. The summed E-state index contributed by atoms with van der Waals surface area (Å²) in [6.07, 6.45) is 5.37. The normalized spacial score (nSPS) is 18.4. The summed E-state index contributed by atoms with van der Waals surface area (Å²) < 4.78 is 6.83. The van der Waals surface area contributed by atoms with Crippen LogP contribution < -0.4 is 4.90 Å². The van der Waals surface area contributed by atoms with E-state index in [1.54, 1.807) is 47.0 Å². The minimum absolute atomic E-state index is 0.00891. The van der Waals surface area contributed by atoms with Gasteiger partial charge >= 0.3 is 5.97 Å². The number of esters is 1. The molecule has 0 saturated heterocycles. The van der Waals surface area contributed by atoms with Gasteiger partial charge in [0.05, 0.1) is 12.3 Å². The maximum atomic E-state index is 13.5. The molecule has 1 amide bonds. The molecule has 0 unspecified atom stereocenters. The van der Waals surface area contributed by atoms with Crippen LogP contribution in [-0.4, -0.2) is 40.1 Å². The molecule has 1 saturated carbocycles. The summed E-state index contributed by atoms with van der Waals surface area (Å²) in [5.74, 6) is 0.364. The van der Waals surface area contributed by atoms with Crippen molar-refractivity contribution in [1.29, 1.82) is 0 Å². The van der Waals surface area contributed by atoms with Crippen molar-refractivity contribution < 1.29 is 19.1 Å². The minimum Gasteiger partial charge on any atom is -0.462 e. The Morgan fingerprint density at radius 3 is 2.28 bits per heavy atom. The number of nitrogens with zero attached hydrogens (tertiary/aromatic N) is 3. The van der Waals surface area contributed by atoms with E-state index in [4.69, 9.17) is 4.74 Å². The Morgan fingerprint density at radius 1 is 1.12 bits per heavy atom. The van der Waals surface area contributed by atoms with Crippen LogP contribution in [0.3, 0.4) is 0 Å². The van der Waals surface area contributed by atoms with Crippen LogP contribution in [0.5, 0.6) is 0 Å². The molecule has 1 heterocycles. The molecule has 1 aromatic carbocycles. The zero-order valence-corrected chi connectivity index (χ0v) is 19.6. The molecule has 1 aliphatic rings. The second-order valence-electron chi connectivity index (χ2n) is 8.89. The highest BCUT2D eigenvalue weighted by Gasteiger charge is 2.34. The van der Waals surface area contributed by atoms with Crippen molar-refractivity contribution in [2.45, 2.75) is 66.3 Å². The van der Waals surface area contributed by atoms with Crippen LogP contribution in [0, 0.1) is 11.8 Å². The lowest BCUT2D eigenvalue weighted by Crippen LogP contribution is -2.43. The molecule has 1 aliphatic carbocycles. The highest BCUT2D eigenvalue weighted by Crippen LogP contribution is 2.33. The fraction of sp³-hybridized carbons (Fsp3) is 0.520. The summed E-state index contributed by atoms with van der Waals surface area (Å²) in [6.45, 7) is 9.57. The summed E-state index contributed by atoms with van der Waals surface area (Å²) in [5.41, 5.74) is 1.54. The van der Waals surface area contributed by atoms with Crippen LogP contribution in [0.2, 0.25) is 0 Å². The Balaban J connectivity index is 2.02. The van der Waals surface area contributed by atoms with Gasteiger partial charge in [0.15, 0.2) is 11.6 Å². The lowest BCUT2D eigenvalue weighted by atomic mass is 9.82. The zero-order valence-electron chi connectivity index (χ0n) is 19.6. The molecule has 0 spiro atoms. The van der Waals surface area contributed by atoms with Gasteiger partial charge in [-0.2, -0.15) is 0 Å². The molecule has 0 radical (unpaired) electrons. The first-order chi connectivity index (χ1) is 15.2. The standard InChI is InChI=1S/C25H33N3O4/c1-6-32-25(31)22-15-27(21-13-11-19(12-14-21)18(5)29)26-23(22)28(16(2)3)24(30)20-9-7-17(4)8-10-20/h11-17,20H,6-10H2,1-5H3/t17-,20-. The molecular formula is C25H33N3O4. The maximum absolute atomic E-state index is 13.5. The number of hydrogen-bond donors (Lipinski definition) is 0. The molecular weight excluding hydrogens is 406 g/mol. The summed E-state index contributed by atoms with van der Waals surface area (Å²) in [4.78, 5) is 39.5. The van der Waals surface area contributed by atoms with Gasteiger partial charge in [-0.1, -0.05) is 6.92 Å². The molecule has 0 aliphatic heterocycles. The van der Waals surface area contributed by atoms with E-state index in [1.165, 1.54) is 6.92 Å². The molecule has 1 aromatic heterocycles. The van der Waals surface area contributed by atoms with Gasteiger partial charge in [-0.3, -0.25) is 14.5 Å². The van der Waals surface area contributed by atoms with Gasteiger partial charge in [-0.05, 0) is 83.6 Å². The highest BCUT2D eigenvalue weighted by atomic mass is 16.5. The summed E-state index contributed by atoms with van der Waals surface area (Å²) in [7, 11) is 0. The van der Waals surface area contributed by atoms with E-state index in [9.17, 15) is 14.4 Å². The number of rotatable bonds is 7. The number of carbonyl (C=O) groups is 3. The van der Waals surface area contributed by atoms with Gasteiger partial charge in [-0.15, -0.1) is 5.10 Å². The fourth-order valence-corrected chi connectivity index (χ4v) is 4.18. The average Bonchev–Trinajstić information content (AvgIpc) is 3.19. The van der Waals surface area contributed by atoms with Gasteiger partial charge in [0.1, 0.15) is 5.56 Å². The second-order valence-corrected chi connectivity index (χ2v) is 8.89. The number of hydrogen-bond acceptors (Lipinski definition) is 5. The number of amides is 1.